The summed E-state index contributed by atoms with van der Waals surface area (Å²) < 4.78 is 29.0. The van der Waals surface area contributed by atoms with Crippen molar-refractivity contribution >= 4 is 50.7 Å². The van der Waals surface area contributed by atoms with Crippen molar-refractivity contribution in [2.24, 2.45) is 0 Å². The summed E-state index contributed by atoms with van der Waals surface area (Å²) in [5.74, 6) is -0.896. The van der Waals surface area contributed by atoms with Crippen LogP contribution in [0.5, 0.6) is 0 Å². The standard InChI is InChI=1S/C31H37Cl2N3O4S/c1-6-23(5)34-31(38)29(7-2)35(19-26-27(32)14-11-15-28(26)33)30(37)20-36(24-17-16-21(3)22(4)18-24)41(39,40)25-12-9-8-10-13-25/h8-18,23,29H,6-7,19-20H2,1-5H3,(H,34,38)/t23-,29-/m1/s1. The number of amides is 2. The van der Waals surface area contributed by atoms with Crippen LogP contribution in [0.2, 0.25) is 10.0 Å². The Labute approximate surface area is 253 Å². The maximum atomic E-state index is 14.2. The van der Waals surface area contributed by atoms with Crippen molar-refractivity contribution in [3.63, 3.8) is 0 Å². The van der Waals surface area contributed by atoms with Crippen molar-refractivity contribution in [2.75, 3.05) is 10.8 Å². The molecule has 0 radical (unpaired) electrons. The van der Waals surface area contributed by atoms with Crippen LogP contribution in [0.4, 0.5) is 5.69 Å². The number of benzene rings is 3. The number of halogens is 2. The molecular formula is C31H37Cl2N3O4S. The van der Waals surface area contributed by atoms with Crippen LogP contribution in [0.15, 0.2) is 71.6 Å². The molecule has 0 saturated heterocycles. The number of hydrogen-bond donors (Lipinski definition) is 1. The van der Waals surface area contributed by atoms with Crippen LogP contribution in [0, 0.1) is 13.8 Å². The number of anilines is 1. The summed E-state index contributed by atoms with van der Waals surface area (Å²) in [5.41, 5.74) is 2.68. The topological polar surface area (TPSA) is 86.8 Å². The Kier molecular flexibility index (Phi) is 11.2. The van der Waals surface area contributed by atoms with Gasteiger partial charge in [0.15, 0.2) is 0 Å². The summed E-state index contributed by atoms with van der Waals surface area (Å²) >= 11 is 12.9. The highest BCUT2D eigenvalue weighted by Gasteiger charge is 2.34. The molecule has 0 aromatic heterocycles. The molecule has 0 aliphatic carbocycles. The van der Waals surface area contributed by atoms with Gasteiger partial charge < -0.3 is 10.2 Å². The monoisotopic (exact) mass is 617 g/mol. The van der Waals surface area contributed by atoms with Gasteiger partial charge in [-0.15, -0.1) is 0 Å². The van der Waals surface area contributed by atoms with Crippen LogP contribution in [-0.4, -0.2) is 43.8 Å². The van der Waals surface area contributed by atoms with Gasteiger partial charge in [-0.2, -0.15) is 0 Å². The second-order valence-corrected chi connectivity index (χ2v) is 12.7. The van der Waals surface area contributed by atoms with Crippen molar-refractivity contribution in [2.45, 2.75) is 71.0 Å². The Balaban J connectivity index is 2.11. The van der Waals surface area contributed by atoms with E-state index in [2.05, 4.69) is 5.32 Å². The maximum Gasteiger partial charge on any atom is 0.264 e. The molecule has 7 nitrogen and oxygen atoms in total. The van der Waals surface area contributed by atoms with Gasteiger partial charge >= 0.3 is 0 Å². The van der Waals surface area contributed by atoms with Gasteiger partial charge in [-0.05, 0) is 81.1 Å². The lowest BCUT2D eigenvalue weighted by atomic mass is 10.1. The van der Waals surface area contributed by atoms with Crippen LogP contribution in [0.25, 0.3) is 0 Å². The fraction of sp³-hybridized carbons (Fsp3) is 0.355. The van der Waals surface area contributed by atoms with Crippen molar-refractivity contribution in [3.8, 4) is 0 Å². The first kappa shape index (κ1) is 32.4. The van der Waals surface area contributed by atoms with Crippen molar-refractivity contribution in [1.29, 1.82) is 0 Å². The lowest BCUT2D eigenvalue weighted by Gasteiger charge is -2.34. The summed E-state index contributed by atoms with van der Waals surface area (Å²) in [6.45, 7) is 8.84. The minimum atomic E-state index is -4.14. The average molecular weight is 619 g/mol. The molecule has 0 fully saturated rings. The van der Waals surface area contributed by atoms with Gasteiger partial charge in [0.1, 0.15) is 12.6 Å². The second-order valence-electron chi connectivity index (χ2n) is 10.1. The Morgan fingerprint density at radius 1 is 0.878 bits per heavy atom. The molecule has 0 bridgehead atoms. The van der Waals surface area contributed by atoms with Crippen LogP contribution < -0.4 is 9.62 Å². The second kappa shape index (κ2) is 14.2. The highest BCUT2D eigenvalue weighted by Crippen LogP contribution is 2.29. The number of sulfonamides is 1. The van der Waals surface area contributed by atoms with E-state index in [0.717, 1.165) is 15.4 Å². The Morgan fingerprint density at radius 3 is 2.07 bits per heavy atom. The van der Waals surface area contributed by atoms with Crippen LogP contribution in [0.3, 0.4) is 0 Å². The number of nitrogens with zero attached hydrogens (tertiary/aromatic N) is 2. The zero-order valence-electron chi connectivity index (χ0n) is 24.0. The highest BCUT2D eigenvalue weighted by molar-refractivity contribution is 7.92. The van der Waals surface area contributed by atoms with Gasteiger partial charge in [-0.1, -0.05) is 67.4 Å². The fourth-order valence-corrected chi connectivity index (χ4v) is 6.29. The van der Waals surface area contributed by atoms with Crippen LogP contribution in [0.1, 0.15) is 50.3 Å². The van der Waals surface area contributed by atoms with Gasteiger partial charge in [0.25, 0.3) is 10.0 Å². The first-order valence-electron chi connectivity index (χ1n) is 13.6. The van der Waals surface area contributed by atoms with E-state index in [1.165, 1.54) is 17.0 Å². The van der Waals surface area contributed by atoms with E-state index in [4.69, 9.17) is 23.2 Å². The molecule has 3 aromatic rings. The molecule has 10 heteroatoms. The largest absolute Gasteiger partial charge is 0.352 e. The van der Waals surface area contributed by atoms with Gasteiger partial charge in [0.05, 0.1) is 10.6 Å². The molecule has 2 atom stereocenters. The van der Waals surface area contributed by atoms with E-state index < -0.39 is 28.5 Å². The third kappa shape index (κ3) is 7.82. The predicted molar refractivity (Wildman–Crippen MR) is 166 cm³/mol. The number of carbonyl (C=O) groups excluding carboxylic acids is 2. The minimum Gasteiger partial charge on any atom is -0.352 e. The quantitative estimate of drug-likeness (QED) is 0.250. The molecule has 2 amide bonds. The number of nitrogens with one attached hydrogen (secondary N) is 1. The molecule has 0 spiro atoms. The molecule has 41 heavy (non-hydrogen) atoms. The lowest BCUT2D eigenvalue weighted by Crippen LogP contribution is -2.53. The summed E-state index contributed by atoms with van der Waals surface area (Å²) in [6.07, 6.45) is 1.01. The first-order chi connectivity index (χ1) is 19.4. The zero-order valence-corrected chi connectivity index (χ0v) is 26.4. The van der Waals surface area contributed by atoms with E-state index in [1.54, 1.807) is 55.5 Å². The van der Waals surface area contributed by atoms with Gasteiger partial charge in [-0.3, -0.25) is 13.9 Å². The van der Waals surface area contributed by atoms with Gasteiger partial charge in [-0.25, -0.2) is 8.42 Å². The number of hydrogen-bond acceptors (Lipinski definition) is 4. The molecule has 0 saturated carbocycles. The molecule has 0 aliphatic rings. The Bertz CT molecular complexity index is 1460. The number of carbonyl (C=O) groups is 2. The highest BCUT2D eigenvalue weighted by atomic mass is 35.5. The van der Waals surface area contributed by atoms with E-state index in [9.17, 15) is 18.0 Å². The lowest BCUT2D eigenvalue weighted by molar-refractivity contribution is -0.140. The molecule has 0 heterocycles. The molecule has 0 unspecified atom stereocenters. The van der Waals surface area contributed by atoms with Crippen LogP contribution >= 0.6 is 23.2 Å². The van der Waals surface area contributed by atoms with Crippen molar-refractivity contribution in [3.05, 3.63) is 93.5 Å². The van der Waals surface area contributed by atoms with Gasteiger partial charge in [0, 0.05) is 28.2 Å². The fourth-order valence-electron chi connectivity index (χ4n) is 4.34. The average Bonchev–Trinajstić information content (AvgIpc) is 2.94. The number of rotatable bonds is 12. The summed E-state index contributed by atoms with van der Waals surface area (Å²) in [4.78, 5) is 29.0. The van der Waals surface area contributed by atoms with Gasteiger partial charge in [0.2, 0.25) is 11.8 Å². The molecule has 0 aliphatic heterocycles. The zero-order chi connectivity index (χ0) is 30.3. The summed E-state index contributed by atoms with van der Waals surface area (Å²) in [5, 5.41) is 3.64. The van der Waals surface area contributed by atoms with E-state index in [-0.39, 0.29) is 23.4 Å². The Morgan fingerprint density at radius 2 is 1.51 bits per heavy atom. The van der Waals surface area contributed by atoms with Crippen molar-refractivity contribution < 1.29 is 18.0 Å². The van der Waals surface area contributed by atoms with Crippen molar-refractivity contribution in [1.82, 2.24) is 10.2 Å². The summed E-state index contributed by atoms with van der Waals surface area (Å²) in [7, 11) is -4.14. The molecule has 220 valence electrons. The predicted octanol–water partition coefficient (Wildman–Crippen LogP) is 6.53. The van der Waals surface area contributed by atoms with E-state index >= 15 is 0 Å². The Hall–Kier alpha value is -3.07. The minimum absolute atomic E-state index is 0.0493. The number of aryl methyl sites for hydroxylation is 2. The normalized spacial score (nSPS) is 12.9. The SMILES string of the molecule is CC[C@@H](C)NC(=O)[C@@H](CC)N(Cc1c(Cl)cccc1Cl)C(=O)CN(c1ccc(C)c(C)c1)S(=O)(=O)c1ccccc1. The third-order valence-corrected chi connectivity index (χ3v) is 9.66. The molecular weight excluding hydrogens is 581 g/mol. The van der Waals surface area contributed by atoms with Crippen LogP contribution in [-0.2, 0) is 26.2 Å². The first-order valence-corrected chi connectivity index (χ1v) is 15.8. The molecule has 3 aromatic carbocycles. The summed E-state index contributed by atoms with van der Waals surface area (Å²) in [6, 6.07) is 17.2. The maximum absolute atomic E-state index is 14.2. The van der Waals surface area contributed by atoms with E-state index in [1.807, 2.05) is 33.8 Å². The van der Waals surface area contributed by atoms with E-state index in [0.29, 0.717) is 34.1 Å². The smallest absolute Gasteiger partial charge is 0.264 e. The molecule has 1 N–H and O–H groups in total. The molecule has 3 rings (SSSR count). The third-order valence-electron chi connectivity index (χ3n) is 7.17.